The van der Waals surface area contributed by atoms with Crippen LogP contribution in [0.1, 0.15) is 20.7 Å². The third-order valence-electron chi connectivity index (χ3n) is 3.58. The number of carbonyl (C=O) groups excluding carboxylic acids is 2. The Hall–Kier alpha value is -3.39. The summed E-state index contributed by atoms with van der Waals surface area (Å²) < 4.78 is 0. The lowest BCUT2D eigenvalue weighted by molar-refractivity contribution is 0.101. The smallest absolute Gasteiger partial charge is 0.255 e. The van der Waals surface area contributed by atoms with Crippen LogP contribution in [0, 0.1) is 0 Å². The molecule has 7 nitrogen and oxygen atoms in total. The number of nitrogens with one attached hydrogen (secondary N) is 1. The largest absolute Gasteiger partial charge is 0.383 e. The van der Waals surface area contributed by atoms with Crippen molar-refractivity contribution in [2.45, 2.75) is 5.16 Å². The molecular formula is C19H17N5O2S. The number of rotatable bonds is 6. The van der Waals surface area contributed by atoms with Gasteiger partial charge < -0.3 is 16.8 Å². The summed E-state index contributed by atoms with van der Waals surface area (Å²) in [5.74, 6) is 0.373. The van der Waals surface area contributed by atoms with E-state index in [4.69, 9.17) is 11.5 Å². The first-order valence-electron chi connectivity index (χ1n) is 8.04. The highest BCUT2D eigenvalue weighted by atomic mass is 32.2. The molecule has 1 aromatic heterocycles. The van der Waals surface area contributed by atoms with E-state index < -0.39 is 0 Å². The second-order valence-electron chi connectivity index (χ2n) is 5.61. The molecule has 3 rings (SSSR count). The molecule has 0 spiro atoms. The first-order valence-corrected chi connectivity index (χ1v) is 9.02. The van der Waals surface area contributed by atoms with E-state index in [0.717, 1.165) is 11.8 Å². The summed E-state index contributed by atoms with van der Waals surface area (Å²) in [6.07, 6.45) is 0. The van der Waals surface area contributed by atoms with E-state index in [1.54, 1.807) is 48.5 Å². The van der Waals surface area contributed by atoms with Crippen molar-refractivity contribution in [3.63, 3.8) is 0 Å². The Kier molecular flexibility index (Phi) is 5.68. The summed E-state index contributed by atoms with van der Waals surface area (Å²) >= 11 is 1.16. The minimum absolute atomic E-state index is 0.0921. The molecule has 2 aromatic carbocycles. The molecule has 0 aliphatic rings. The van der Waals surface area contributed by atoms with Crippen LogP contribution < -0.4 is 16.8 Å². The fraction of sp³-hybridized carbons (Fsp3) is 0.0526. The second-order valence-corrected chi connectivity index (χ2v) is 6.55. The Morgan fingerprint density at radius 1 is 0.889 bits per heavy atom. The first kappa shape index (κ1) is 18.4. The van der Waals surface area contributed by atoms with Gasteiger partial charge in [0.2, 0.25) is 0 Å². The van der Waals surface area contributed by atoms with Crippen LogP contribution in [-0.2, 0) is 0 Å². The number of nitrogen functional groups attached to an aromatic ring is 2. The van der Waals surface area contributed by atoms with Gasteiger partial charge in [0.1, 0.15) is 11.6 Å². The SMILES string of the molecule is Nc1cc(N)nc(SCC(=O)c2ccc(NC(=O)c3ccccc3)cc2)n1. The molecule has 1 heterocycles. The summed E-state index contributed by atoms with van der Waals surface area (Å²) in [7, 11) is 0. The van der Waals surface area contributed by atoms with Crippen LogP contribution in [0.25, 0.3) is 0 Å². The number of amides is 1. The number of nitrogens with zero attached hydrogens (tertiary/aromatic N) is 2. The molecule has 1 amide bonds. The summed E-state index contributed by atoms with van der Waals surface area (Å²) in [6.45, 7) is 0. The van der Waals surface area contributed by atoms with Gasteiger partial charge in [0, 0.05) is 22.9 Å². The van der Waals surface area contributed by atoms with Crippen molar-refractivity contribution >= 4 is 40.8 Å². The van der Waals surface area contributed by atoms with E-state index in [0.29, 0.717) is 22.0 Å². The summed E-state index contributed by atoms with van der Waals surface area (Å²) in [5.41, 5.74) is 12.9. The Labute approximate surface area is 160 Å². The molecule has 0 aliphatic heterocycles. The second kappa shape index (κ2) is 8.33. The fourth-order valence-corrected chi connectivity index (χ4v) is 3.04. The number of hydrogen-bond donors (Lipinski definition) is 3. The standard InChI is InChI=1S/C19H17N5O2S/c20-16-10-17(21)24-19(23-16)27-11-15(25)12-6-8-14(9-7-12)22-18(26)13-4-2-1-3-5-13/h1-10H,11H2,(H,22,26)(H4,20,21,23,24). The zero-order valence-corrected chi connectivity index (χ0v) is 15.1. The average Bonchev–Trinajstić information content (AvgIpc) is 2.66. The van der Waals surface area contributed by atoms with Crippen molar-refractivity contribution in [1.29, 1.82) is 0 Å². The number of ketones is 1. The molecule has 0 bridgehead atoms. The maximum Gasteiger partial charge on any atom is 0.255 e. The number of carbonyl (C=O) groups is 2. The van der Waals surface area contributed by atoms with Crippen molar-refractivity contribution in [1.82, 2.24) is 9.97 Å². The van der Waals surface area contributed by atoms with Crippen LogP contribution in [0.3, 0.4) is 0 Å². The average molecular weight is 379 g/mol. The lowest BCUT2D eigenvalue weighted by Crippen LogP contribution is -2.12. The molecule has 136 valence electrons. The minimum atomic E-state index is -0.207. The normalized spacial score (nSPS) is 10.4. The molecule has 3 aromatic rings. The van der Waals surface area contributed by atoms with Crippen molar-refractivity contribution in [2.24, 2.45) is 0 Å². The highest BCUT2D eigenvalue weighted by Gasteiger charge is 2.10. The number of aromatic nitrogens is 2. The van der Waals surface area contributed by atoms with Gasteiger partial charge in [-0.1, -0.05) is 30.0 Å². The molecule has 0 saturated carbocycles. The molecule has 0 atom stereocenters. The van der Waals surface area contributed by atoms with E-state index in [1.165, 1.54) is 6.07 Å². The number of thioether (sulfide) groups is 1. The van der Waals surface area contributed by atoms with Crippen molar-refractivity contribution in [3.05, 3.63) is 71.8 Å². The minimum Gasteiger partial charge on any atom is -0.383 e. The molecule has 27 heavy (non-hydrogen) atoms. The van der Waals surface area contributed by atoms with E-state index in [1.807, 2.05) is 6.07 Å². The third-order valence-corrected chi connectivity index (χ3v) is 4.43. The number of anilines is 3. The third kappa shape index (κ3) is 5.05. The zero-order chi connectivity index (χ0) is 19.2. The summed E-state index contributed by atoms with van der Waals surface area (Å²) in [6, 6.07) is 17.1. The van der Waals surface area contributed by atoms with Crippen LogP contribution in [0.2, 0.25) is 0 Å². The molecule has 0 unspecified atom stereocenters. The van der Waals surface area contributed by atoms with E-state index in [9.17, 15) is 9.59 Å². The van der Waals surface area contributed by atoms with Crippen LogP contribution >= 0.6 is 11.8 Å². The summed E-state index contributed by atoms with van der Waals surface area (Å²) in [5, 5.41) is 3.15. The zero-order valence-electron chi connectivity index (χ0n) is 14.3. The van der Waals surface area contributed by atoms with Crippen molar-refractivity contribution in [3.8, 4) is 0 Å². The van der Waals surface area contributed by atoms with Gasteiger partial charge >= 0.3 is 0 Å². The van der Waals surface area contributed by atoms with Gasteiger partial charge in [-0.15, -0.1) is 0 Å². The Morgan fingerprint density at radius 3 is 2.15 bits per heavy atom. The highest BCUT2D eigenvalue weighted by molar-refractivity contribution is 7.99. The van der Waals surface area contributed by atoms with Crippen LogP contribution in [0.15, 0.2) is 65.8 Å². The van der Waals surface area contributed by atoms with Gasteiger partial charge in [0.05, 0.1) is 5.75 Å². The quantitative estimate of drug-likeness (QED) is 0.342. The Morgan fingerprint density at radius 2 is 1.52 bits per heavy atom. The number of nitrogens with two attached hydrogens (primary N) is 2. The molecule has 8 heteroatoms. The van der Waals surface area contributed by atoms with Gasteiger partial charge in [0.25, 0.3) is 5.91 Å². The number of benzene rings is 2. The topological polar surface area (TPSA) is 124 Å². The lowest BCUT2D eigenvalue weighted by atomic mass is 10.1. The lowest BCUT2D eigenvalue weighted by Gasteiger charge is -2.06. The van der Waals surface area contributed by atoms with Gasteiger partial charge in [-0.25, -0.2) is 9.97 Å². The molecule has 5 N–H and O–H groups in total. The van der Waals surface area contributed by atoms with Gasteiger partial charge in [-0.05, 0) is 36.4 Å². The maximum absolute atomic E-state index is 12.3. The van der Waals surface area contributed by atoms with Gasteiger partial charge in [0.15, 0.2) is 10.9 Å². The van der Waals surface area contributed by atoms with E-state index in [-0.39, 0.29) is 29.1 Å². The molecule has 0 saturated heterocycles. The van der Waals surface area contributed by atoms with Crippen LogP contribution in [0.5, 0.6) is 0 Å². The van der Waals surface area contributed by atoms with Crippen LogP contribution in [-0.4, -0.2) is 27.4 Å². The van der Waals surface area contributed by atoms with E-state index in [2.05, 4.69) is 15.3 Å². The van der Waals surface area contributed by atoms with Gasteiger partial charge in [-0.3, -0.25) is 9.59 Å². The number of hydrogen-bond acceptors (Lipinski definition) is 7. The predicted octanol–water partition coefficient (Wildman–Crippen LogP) is 2.87. The number of Topliss-reactive ketones (excluding diaryl/α,β-unsaturated/α-hetero) is 1. The molecular weight excluding hydrogens is 362 g/mol. The summed E-state index contributed by atoms with van der Waals surface area (Å²) in [4.78, 5) is 32.5. The molecule has 0 aliphatic carbocycles. The Bertz CT molecular complexity index is 941. The monoisotopic (exact) mass is 379 g/mol. The van der Waals surface area contributed by atoms with Crippen molar-refractivity contribution < 1.29 is 9.59 Å². The molecule has 0 fully saturated rings. The fourth-order valence-electron chi connectivity index (χ4n) is 2.27. The van der Waals surface area contributed by atoms with Crippen LogP contribution in [0.4, 0.5) is 17.3 Å². The first-order chi connectivity index (χ1) is 13.0. The molecule has 0 radical (unpaired) electrons. The Balaban J connectivity index is 1.59. The highest BCUT2D eigenvalue weighted by Crippen LogP contribution is 2.19. The van der Waals surface area contributed by atoms with Gasteiger partial charge in [-0.2, -0.15) is 0 Å². The maximum atomic E-state index is 12.3. The van der Waals surface area contributed by atoms with Crippen molar-refractivity contribution in [2.75, 3.05) is 22.5 Å². The van der Waals surface area contributed by atoms with E-state index >= 15 is 0 Å². The predicted molar refractivity (Wildman–Crippen MR) is 107 cm³/mol.